The predicted octanol–water partition coefficient (Wildman–Crippen LogP) is 2.77. The number of carbonyl (C=O) groups is 2. The first kappa shape index (κ1) is 15.2. The summed E-state index contributed by atoms with van der Waals surface area (Å²) in [5.74, 6) is 0.510. The van der Waals surface area contributed by atoms with Gasteiger partial charge in [0.1, 0.15) is 5.76 Å². The topological polar surface area (TPSA) is 79.5 Å². The summed E-state index contributed by atoms with van der Waals surface area (Å²) in [7, 11) is 0. The van der Waals surface area contributed by atoms with E-state index >= 15 is 0 Å². The van der Waals surface area contributed by atoms with E-state index < -0.39 is 5.97 Å². The summed E-state index contributed by atoms with van der Waals surface area (Å²) in [4.78, 5) is 22.6. The zero-order valence-electron chi connectivity index (χ0n) is 11.5. The number of amides is 1. The predicted molar refractivity (Wildman–Crippen MR) is 80.5 cm³/mol. The van der Waals surface area contributed by atoms with Gasteiger partial charge in [0.05, 0.1) is 11.3 Å². The highest BCUT2D eigenvalue weighted by atomic mass is 32.2. The maximum atomic E-state index is 11.9. The number of hydrogen-bond donors (Lipinski definition) is 2. The average Bonchev–Trinajstić information content (AvgIpc) is 2.94. The van der Waals surface area contributed by atoms with Crippen LogP contribution in [0.4, 0.5) is 0 Å². The van der Waals surface area contributed by atoms with Gasteiger partial charge in [-0.1, -0.05) is 12.1 Å². The van der Waals surface area contributed by atoms with E-state index in [1.807, 2.05) is 6.26 Å². The number of furan rings is 1. The summed E-state index contributed by atoms with van der Waals surface area (Å²) in [6, 6.07) is 9.79. The monoisotopic (exact) mass is 305 g/mol. The summed E-state index contributed by atoms with van der Waals surface area (Å²) in [5.41, 5.74) is 1.04. The number of nitrogens with one attached hydrogen (secondary N) is 1. The lowest BCUT2D eigenvalue weighted by Gasteiger charge is -2.04. The van der Waals surface area contributed by atoms with E-state index in [9.17, 15) is 9.59 Å². The fraction of sp³-hybridized carbons (Fsp3) is 0.200. The first-order valence-corrected chi connectivity index (χ1v) is 7.67. The van der Waals surface area contributed by atoms with Crippen LogP contribution in [0.3, 0.4) is 0 Å². The smallest absolute Gasteiger partial charge is 0.335 e. The zero-order chi connectivity index (χ0) is 15.2. The molecule has 0 atom stereocenters. The number of thioether (sulfide) groups is 1. The summed E-state index contributed by atoms with van der Waals surface area (Å²) in [5, 5.41) is 11.5. The van der Waals surface area contributed by atoms with Crippen molar-refractivity contribution in [3.8, 4) is 0 Å². The molecule has 2 rings (SSSR count). The van der Waals surface area contributed by atoms with Gasteiger partial charge in [-0.3, -0.25) is 4.79 Å². The van der Waals surface area contributed by atoms with Crippen LogP contribution in [0, 0.1) is 0 Å². The molecule has 0 aliphatic rings. The van der Waals surface area contributed by atoms with E-state index in [1.165, 1.54) is 12.1 Å². The van der Waals surface area contributed by atoms with Crippen molar-refractivity contribution < 1.29 is 19.1 Å². The molecular weight excluding hydrogens is 290 g/mol. The van der Waals surface area contributed by atoms with Crippen molar-refractivity contribution >= 4 is 23.6 Å². The molecule has 0 spiro atoms. The molecule has 2 aromatic rings. The normalized spacial score (nSPS) is 10.3. The van der Waals surface area contributed by atoms with Gasteiger partial charge in [-0.2, -0.15) is 11.8 Å². The van der Waals surface area contributed by atoms with Crippen molar-refractivity contribution in [1.29, 1.82) is 0 Å². The number of aromatic carboxylic acids is 1. The molecule has 0 saturated carbocycles. The maximum Gasteiger partial charge on any atom is 0.335 e. The van der Waals surface area contributed by atoms with Crippen LogP contribution in [0.5, 0.6) is 0 Å². The number of carboxylic acid groups (broad SMARTS) is 1. The van der Waals surface area contributed by atoms with Crippen molar-refractivity contribution in [3.05, 3.63) is 59.0 Å². The second kappa shape index (κ2) is 6.99. The van der Waals surface area contributed by atoms with E-state index in [1.54, 1.807) is 36.0 Å². The molecule has 1 aromatic heterocycles. The van der Waals surface area contributed by atoms with Gasteiger partial charge in [0.15, 0.2) is 5.76 Å². The summed E-state index contributed by atoms with van der Waals surface area (Å²) < 4.78 is 5.41. The highest BCUT2D eigenvalue weighted by Crippen LogP contribution is 2.13. The maximum absolute atomic E-state index is 11.9. The Kier molecular flexibility index (Phi) is 5.05. The van der Waals surface area contributed by atoms with Crippen LogP contribution in [0.25, 0.3) is 0 Å². The van der Waals surface area contributed by atoms with Crippen LogP contribution in [-0.4, -0.2) is 23.2 Å². The Balaban J connectivity index is 1.92. The van der Waals surface area contributed by atoms with Crippen LogP contribution in [0.15, 0.2) is 40.8 Å². The third-order valence-electron chi connectivity index (χ3n) is 2.83. The fourth-order valence-corrected chi connectivity index (χ4v) is 2.19. The summed E-state index contributed by atoms with van der Waals surface area (Å²) in [6.07, 6.45) is 1.96. The Morgan fingerprint density at radius 1 is 1.19 bits per heavy atom. The number of carboxylic acids is 1. The van der Waals surface area contributed by atoms with Crippen LogP contribution in [0.1, 0.15) is 32.2 Å². The minimum atomic E-state index is -0.970. The number of rotatable bonds is 6. The number of benzene rings is 1. The molecule has 0 unspecified atom stereocenters. The van der Waals surface area contributed by atoms with Crippen LogP contribution in [-0.2, 0) is 12.3 Å². The van der Waals surface area contributed by atoms with Gasteiger partial charge < -0.3 is 14.8 Å². The second-order valence-electron chi connectivity index (χ2n) is 4.38. The third kappa shape index (κ3) is 4.13. The first-order valence-electron chi connectivity index (χ1n) is 6.28. The third-order valence-corrected chi connectivity index (χ3v) is 3.40. The lowest BCUT2D eigenvalue weighted by atomic mass is 10.1. The molecule has 0 bridgehead atoms. The van der Waals surface area contributed by atoms with E-state index in [0.717, 1.165) is 17.1 Å². The van der Waals surface area contributed by atoms with Crippen molar-refractivity contribution in [2.45, 2.75) is 12.3 Å². The zero-order valence-corrected chi connectivity index (χ0v) is 12.3. The minimum Gasteiger partial charge on any atom is -0.478 e. The molecule has 0 saturated heterocycles. The summed E-state index contributed by atoms with van der Waals surface area (Å²) >= 11 is 1.62. The van der Waals surface area contributed by atoms with Gasteiger partial charge in [-0.05, 0) is 36.1 Å². The van der Waals surface area contributed by atoms with Crippen molar-refractivity contribution in [1.82, 2.24) is 5.32 Å². The van der Waals surface area contributed by atoms with Gasteiger partial charge in [0.25, 0.3) is 5.91 Å². The van der Waals surface area contributed by atoms with Gasteiger partial charge in [0, 0.05) is 6.54 Å². The molecule has 6 heteroatoms. The largest absolute Gasteiger partial charge is 0.478 e. The molecule has 0 radical (unpaired) electrons. The van der Waals surface area contributed by atoms with E-state index in [0.29, 0.717) is 6.54 Å². The SMILES string of the molecule is CSCc1ccc(C(=O)NCc2ccc(C(=O)O)cc2)o1. The fourth-order valence-electron chi connectivity index (χ4n) is 1.75. The van der Waals surface area contributed by atoms with E-state index in [-0.39, 0.29) is 17.2 Å². The molecular formula is C15H15NO4S. The molecule has 110 valence electrons. The second-order valence-corrected chi connectivity index (χ2v) is 5.25. The molecule has 1 heterocycles. The molecule has 5 nitrogen and oxygen atoms in total. The quantitative estimate of drug-likeness (QED) is 0.858. The minimum absolute atomic E-state index is 0.220. The lowest BCUT2D eigenvalue weighted by Crippen LogP contribution is -2.22. The van der Waals surface area contributed by atoms with Crippen molar-refractivity contribution in [2.24, 2.45) is 0 Å². The average molecular weight is 305 g/mol. The molecule has 21 heavy (non-hydrogen) atoms. The highest BCUT2D eigenvalue weighted by Gasteiger charge is 2.10. The Hall–Kier alpha value is -2.21. The van der Waals surface area contributed by atoms with Crippen molar-refractivity contribution in [2.75, 3.05) is 6.26 Å². The van der Waals surface area contributed by atoms with Crippen LogP contribution < -0.4 is 5.32 Å². The summed E-state index contributed by atoms with van der Waals surface area (Å²) in [6.45, 7) is 0.317. The molecule has 0 aliphatic carbocycles. The van der Waals surface area contributed by atoms with Crippen LogP contribution >= 0.6 is 11.8 Å². The number of hydrogen-bond acceptors (Lipinski definition) is 4. The molecule has 0 fully saturated rings. The van der Waals surface area contributed by atoms with Gasteiger partial charge in [0.2, 0.25) is 0 Å². The van der Waals surface area contributed by atoms with Crippen molar-refractivity contribution in [3.63, 3.8) is 0 Å². The van der Waals surface area contributed by atoms with Gasteiger partial charge in [-0.15, -0.1) is 0 Å². The molecule has 2 N–H and O–H groups in total. The van der Waals surface area contributed by atoms with E-state index in [4.69, 9.17) is 9.52 Å². The standard InChI is InChI=1S/C15H15NO4S/c1-21-9-12-6-7-13(20-12)14(17)16-8-10-2-4-11(5-3-10)15(18)19/h2-7H,8-9H2,1H3,(H,16,17)(H,18,19). The number of carbonyl (C=O) groups excluding carboxylic acids is 1. The molecule has 1 aromatic carbocycles. The Morgan fingerprint density at radius 2 is 1.90 bits per heavy atom. The van der Waals surface area contributed by atoms with Gasteiger partial charge >= 0.3 is 5.97 Å². The van der Waals surface area contributed by atoms with Crippen LogP contribution in [0.2, 0.25) is 0 Å². The van der Waals surface area contributed by atoms with E-state index in [2.05, 4.69) is 5.32 Å². The van der Waals surface area contributed by atoms with Gasteiger partial charge in [-0.25, -0.2) is 4.79 Å². The Morgan fingerprint density at radius 3 is 2.52 bits per heavy atom. The Labute approximate surface area is 126 Å². The Bertz CT molecular complexity index is 633. The first-order chi connectivity index (χ1) is 10.1. The highest BCUT2D eigenvalue weighted by molar-refractivity contribution is 7.97. The molecule has 1 amide bonds. The molecule has 0 aliphatic heterocycles. The lowest BCUT2D eigenvalue weighted by molar-refractivity contribution is 0.0696.